The summed E-state index contributed by atoms with van der Waals surface area (Å²) >= 11 is 3.41. The van der Waals surface area contributed by atoms with Crippen LogP contribution < -0.4 is 10.6 Å². The molecule has 0 aliphatic heterocycles. The summed E-state index contributed by atoms with van der Waals surface area (Å²) in [6.45, 7) is 2.60. The molecule has 2 N–H and O–H groups in total. The summed E-state index contributed by atoms with van der Waals surface area (Å²) in [4.78, 5) is 0. The van der Waals surface area contributed by atoms with Crippen molar-refractivity contribution in [2.75, 3.05) is 13.1 Å². The van der Waals surface area contributed by atoms with E-state index in [4.69, 9.17) is 0 Å². The molecule has 4 heteroatoms. The van der Waals surface area contributed by atoms with Gasteiger partial charge in [0, 0.05) is 30.1 Å². The largest absolute Gasteiger partial charge is 0.313 e. The van der Waals surface area contributed by atoms with E-state index in [0.717, 1.165) is 29.2 Å². The molecule has 2 rings (SSSR count). The lowest BCUT2D eigenvalue weighted by atomic mass is 10.2. The maximum Gasteiger partial charge on any atom is 0.123 e. The average molecular weight is 287 g/mol. The van der Waals surface area contributed by atoms with Crippen molar-refractivity contribution < 1.29 is 4.39 Å². The summed E-state index contributed by atoms with van der Waals surface area (Å²) in [6.07, 6.45) is 2.63. The van der Waals surface area contributed by atoms with E-state index in [1.165, 1.54) is 18.9 Å². The van der Waals surface area contributed by atoms with E-state index >= 15 is 0 Å². The SMILES string of the molecule is Fc1ccc(Br)c(CNCCNC2CC2)c1. The summed E-state index contributed by atoms with van der Waals surface area (Å²) in [5.74, 6) is -0.184. The number of benzene rings is 1. The molecule has 16 heavy (non-hydrogen) atoms. The van der Waals surface area contributed by atoms with Gasteiger partial charge in [-0.2, -0.15) is 0 Å². The molecule has 0 bridgehead atoms. The molecule has 0 heterocycles. The number of hydrogen-bond acceptors (Lipinski definition) is 2. The van der Waals surface area contributed by atoms with E-state index in [0.29, 0.717) is 6.54 Å². The lowest BCUT2D eigenvalue weighted by molar-refractivity contribution is 0.599. The highest BCUT2D eigenvalue weighted by Gasteiger charge is 2.19. The van der Waals surface area contributed by atoms with Gasteiger partial charge in [0.15, 0.2) is 0 Å². The molecule has 0 spiro atoms. The van der Waals surface area contributed by atoms with Crippen LogP contribution in [0.5, 0.6) is 0 Å². The van der Waals surface area contributed by atoms with Gasteiger partial charge in [-0.25, -0.2) is 4.39 Å². The minimum Gasteiger partial charge on any atom is -0.313 e. The van der Waals surface area contributed by atoms with Gasteiger partial charge < -0.3 is 10.6 Å². The predicted octanol–water partition coefficient (Wildman–Crippen LogP) is 2.43. The van der Waals surface area contributed by atoms with Crippen LogP contribution in [0.15, 0.2) is 22.7 Å². The Morgan fingerprint density at radius 1 is 1.31 bits per heavy atom. The molecule has 0 amide bonds. The highest BCUT2D eigenvalue weighted by Crippen LogP contribution is 2.18. The molecule has 1 aromatic carbocycles. The molecule has 1 aromatic rings. The third-order valence-electron chi connectivity index (χ3n) is 2.64. The Bertz CT molecular complexity index is 353. The van der Waals surface area contributed by atoms with Crippen LogP contribution in [0.25, 0.3) is 0 Å². The van der Waals surface area contributed by atoms with Gasteiger partial charge in [-0.05, 0) is 36.6 Å². The average Bonchev–Trinajstić information content (AvgIpc) is 3.06. The van der Waals surface area contributed by atoms with Gasteiger partial charge >= 0.3 is 0 Å². The molecule has 0 aromatic heterocycles. The topological polar surface area (TPSA) is 24.1 Å². The Balaban J connectivity index is 1.69. The van der Waals surface area contributed by atoms with Crippen molar-refractivity contribution in [2.24, 2.45) is 0 Å². The van der Waals surface area contributed by atoms with Crippen LogP contribution in [0.1, 0.15) is 18.4 Å². The van der Waals surface area contributed by atoms with Gasteiger partial charge in [0.05, 0.1) is 0 Å². The van der Waals surface area contributed by atoms with Crippen LogP contribution in [0, 0.1) is 5.82 Å². The van der Waals surface area contributed by atoms with E-state index in [1.807, 2.05) is 0 Å². The zero-order valence-electron chi connectivity index (χ0n) is 9.10. The fourth-order valence-corrected chi connectivity index (χ4v) is 1.94. The Hall–Kier alpha value is -0.450. The highest BCUT2D eigenvalue weighted by atomic mass is 79.9. The first-order valence-corrected chi connectivity index (χ1v) is 6.43. The minimum absolute atomic E-state index is 0.184. The number of hydrogen-bond donors (Lipinski definition) is 2. The Morgan fingerprint density at radius 2 is 2.12 bits per heavy atom. The first-order chi connectivity index (χ1) is 7.75. The highest BCUT2D eigenvalue weighted by molar-refractivity contribution is 9.10. The van der Waals surface area contributed by atoms with E-state index in [2.05, 4.69) is 26.6 Å². The van der Waals surface area contributed by atoms with E-state index in [9.17, 15) is 4.39 Å². The maximum absolute atomic E-state index is 13.0. The second-order valence-electron chi connectivity index (χ2n) is 4.14. The Labute approximate surface area is 104 Å². The standard InChI is InChI=1S/C12H16BrFN2/c13-12-4-1-10(14)7-9(12)8-15-5-6-16-11-2-3-11/h1,4,7,11,15-16H,2-3,5-6,8H2. The fourth-order valence-electron chi connectivity index (χ4n) is 1.55. The summed E-state index contributed by atoms with van der Waals surface area (Å²) < 4.78 is 13.9. The molecule has 1 aliphatic rings. The molecule has 88 valence electrons. The first kappa shape index (κ1) is 12.0. The third-order valence-corrected chi connectivity index (χ3v) is 3.41. The molecular weight excluding hydrogens is 271 g/mol. The van der Waals surface area contributed by atoms with Crippen LogP contribution in [0.2, 0.25) is 0 Å². The van der Waals surface area contributed by atoms with Gasteiger partial charge in [0.25, 0.3) is 0 Å². The second-order valence-corrected chi connectivity index (χ2v) is 5.00. The third kappa shape index (κ3) is 3.85. The predicted molar refractivity (Wildman–Crippen MR) is 66.8 cm³/mol. The van der Waals surface area contributed by atoms with E-state index in [1.54, 1.807) is 12.1 Å². The van der Waals surface area contributed by atoms with Gasteiger partial charge in [-0.3, -0.25) is 0 Å². The number of nitrogens with one attached hydrogen (secondary N) is 2. The Morgan fingerprint density at radius 3 is 2.88 bits per heavy atom. The molecule has 1 saturated carbocycles. The molecular formula is C12H16BrFN2. The number of halogens is 2. The Kier molecular flexibility index (Phi) is 4.32. The van der Waals surface area contributed by atoms with Crippen molar-refractivity contribution in [3.05, 3.63) is 34.1 Å². The monoisotopic (exact) mass is 286 g/mol. The molecule has 1 aliphatic carbocycles. The van der Waals surface area contributed by atoms with Crippen LogP contribution in [-0.4, -0.2) is 19.1 Å². The molecule has 0 saturated heterocycles. The van der Waals surface area contributed by atoms with Gasteiger partial charge in [-0.1, -0.05) is 15.9 Å². The summed E-state index contributed by atoms with van der Waals surface area (Å²) in [5.41, 5.74) is 0.964. The molecule has 2 nitrogen and oxygen atoms in total. The lowest BCUT2D eigenvalue weighted by Crippen LogP contribution is -2.28. The summed E-state index contributed by atoms with van der Waals surface area (Å²) in [5, 5.41) is 6.71. The van der Waals surface area contributed by atoms with Gasteiger partial charge in [0.1, 0.15) is 5.82 Å². The molecule has 0 atom stereocenters. The van der Waals surface area contributed by atoms with Crippen LogP contribution in [-0.2, 0) is 6.54 Å². The van der Waals surface area contributed by atoms with Crippen molar-refractivity contribution >= 4 is 15.9 Å². The maximum atomic E-state index is 13.0. The van der Waals surface area contributed by atoms with Crippen molar-refractivity contribution in [3.63, 3.8) is 0 Å². The number of rotatable bonds is 6. The van der Waals surface area contributed by atoms with Crippen LogP contribution in [0.4, 0.5) is 4.39 Å². The first-order valence-electron chi connectivity index (χ1n) is 5.64. The minimum atomic E-state index is -0.184. The van der Waals surface area contributed by atoms with Crippen LogP contribution in [0.3, 0.4) is 0 Å². The summed E-state index contributed by atoms with van der Waals surface area (Å²) in [6, 6.07) is 5.52. The van der Waals surface area contributed by atoms with Crippen molar-refractivity contribution in [3.8, 4) is 0 Å². The van der Waals surface area contributed by atoms with E-state index in [-0.39, 0.29) is 5.82 Å². The normalized spacial score (nSPS) is 15.4. The van der Waals surface area contributed by atoms with Crippen molar-refractivity contribution in [2.45, 2.75) is 25.4 Å². The van der Waals surface area contributed by atoms with Crippen LogP contribution >= 0.6 is 15.9 Å². The zero-order chi connectivity index (χ0) is 11.4. The fraction of sp³-hybridized carbons (Fsp3) is 0.500. The smallest absolute Gasteiger partial charge is 0.123 e. The van der Waals surface area contributed by atoms with Gasteiger partial charge in [0.2, 0.25) is 0 Å². The molecule has 0 unspecified atom stereocenters. The summed E-state index contributed by atoms with van der Waals surface area (Å²) in [7, 11) is 0. The zero-order valence-corrected chi connectivity index (χ0v) is 10.7. The quantitative estimate of drug-likeness (QED) is 0.785. The van der Waals surface area contributed by atoms with Crippen molar-refractivity contribution in [1.82, 2.24) is 10.6 Å². The molecule has 0 radical (unpaired) electrons. The second kappa shape index (κ2) is 5.75. The molecule has 1 fully saturated rings. The lowest BCUT2D eigenvalue weighted by Gasteiger charge is -2.07. The van der Waals surface area contributed by atoms with E-state index < -0.39 is 0 Å². The van der Waals surface area contributed by atoms with Gasteiger partial charge in [-0.15, -0.1) is 0 Å². The van der Waals surface area contributed by atoms with Crippen molar-refractivity contribution in [1.29, 1.82) is 0 Å².